The Bertz CT molecular complexity index is 333. The SMILES string of the molecule is C=CCC1(C)CC=C=C=CC=CC1CC. The standard InChI is InChI=1S/C15H20/c1-4-12-15(3)13-10-8-6-7-9-11-14(15)5-2/h4,7,9-11,14H,1,5,12-13H2,2-3H3. The van der Waals surface area contributed by atoms with Crippen molar-refractivity contribution in [3.8, 4) is 0 Å². The molecule has 2 atom stereocenters. The Kier molecular flexibility index (Phi) is 4.43. The van der Waals surface area contributed by atoms with E-state index in [4.69, 9.17) is 0 Å². The highest BCUT2D eigenvalue weighted by Gasteiger charge is 2.28. The molecule has 0 aromatic heterocycles. The van der Waals surface area contributed by atoms with E-state index in [0.29, 0.717) is 5.92 Å². The molecule has 1 rings (SSSR count). The molecule has 0 heterocycles. The van der Waals surface area contributed by atoms with Gasteiger partial charge in [0.2, 0.25) is 0 Å². The minimum Gasteiger partial charge on any atom is -0.103 e. The van der Waals surface area contributed by atoms with Crippen molar-refractivity contribution >= 4 is 0 Å². The average Bonchev–Trinajstić information content (AvgIpc) is 2.29. The Morgan fingerprint density at radius 2 is 2.33 bits per heavy atom. The van der Waals surface area contributed by atoms with Gasteiger partial charge in [-0.05, 0) is 42.7 Å². The summed E-state index contributed by atoms with van der Waals surface area (Å²) in [5.74, 6) is 0.602. The second-order valence-electron chi connectivity index (χ2n) is 4.41. The monoisotopic (exact) mass is 200 g/mol. The molecule has 0 N–H and O–H groups in total. The van der Waals surface area contributed by atoms with Gasteiger partial charge in [-0.1, -0.05) is 43.5 Å². The third-order valence-corrected chi connectivity index (χ3v) is 3.22. The molecule has 0 amide bonds. The summed E-state index contributed by atoms with van der Waals surface area (Å²) in [5, 5.41) is 0. The van der Waals surface area contributed by atoms with Crippen LogP contribution in [-0.2, 0) is 0 Å². The fraction of sp³-hybridized carbons (Fsp3) is 0.467. The highest BCUT2D eigenvalue weighted by molar-refractivity contribution is 5.10. The largest absolute Gasteiger partial charge is 0.103 e. The molecular weight excluding hydrogens is 180 g/mol. The Morgan fingerprint density at radius 3 is 3.00 bits per heavy atom. The maximum atomic E-state index is 3.86. The van der Waals surface area contributed by atoms with Crippen molar-refractivity contribution in [1.82, 2.24) is 0 Å². The summed E-state index contributed by atoms with van der Waals surface area (Å²) in [4.78, 5) is 0. The van der Waals surface area contributed by atoms with E-state index in [1.807, 2.05) is 12.2 Å². The van der Waals surface area contributed by atoms with Crippen LogP contribution in [-0.4, -0.2) is 0 Å². The van der Waals surface area contributed by atoms with Crippen LogP contribution in [0.25, 0.3) is 0 Å². The van der Waals surface area contributed by atoms with E-state index in [0.717, 1.165) is 12.8 Å². The fourth-order valence-corrected chi connectivity index (χ4v) is 2.21. The van der Waals surface area contributed by atoms with Crippen molar-refractivity contribution in [2.45, 2.75) is 33.1 Å². The summed E-state index contributed by atoms with van der Waals surface area (Å²) < 4.78 is 0. The fourth-order valence-electron chi connectivity index (χ4n) is 2.21. The molecule has 0 spiro atoms. The quantitative estimate of drug-likeness (QED) is 0.467. The highest BCUT2D eigenvalue weighted by atomic mass is 14.3. The number of rotatable bonds is 3. The topological polar surface area (TPSA) is 0 Å². The molecule has 0 heteroatoms. The first kappa shape index (κ1) is 11.9. The molecule has 0 saturated heterocycles. The van der Waals surface area contributed by atoms with Gasteiger partial charge < -0.3 is 0 Å². The summed E-state index contributed by atoms with van der Waals surface area (Å²) in [7, 11) is 0. The predicted molar refractivity (Wildman–Crippen MR) is 66.6 cm³/mol. The summed E-state index contributed by atoms with van der Waals surface area (Å²) in [5.41, 5.74) is 6.36. The van der Waals surface area contributed by atoms with E-state index < -0.39 is 0 Å². The van der Waals surface area contributed by atoms with E-state index in [2.05, 4.69) is 50.1 Å². The second-order valence-corrected chi connectivity index (χ2v) is 4.41. The third kappa shape index (κ3) is 3.13. The lowest BCUT2D eigenvalue weighted by Crippen LogP contribution is -2.24. The zero-order valence-electron chi connectivity index (χ0n) is 9.79. The molecule has 0 aliphatic heterocycles. The molecule has 80 valence electrons. The molecule has 0 bridgehead atoms. The lowest BCUT2D eigenvalue weighted by Gasteiger charge is -2.34. The lowest BCUT2D eigenvalue weighted by molar-refractivity contribution is 0.228. The Balaban J connectivity index is 3.00. The van der Waals surface area contributed by atoms with E-state index in [1.165, 1.54) is 6.42 Å². The van der Waals surface area contributed by atoms with Crippen molar-refractivity contribution in [3.63, 3.8) is 0 Å². The first-order chi connectivity index (χ1) is 7.23. The Hall–Kier alpha value is -1.22. The van der Waals surface area contributed by atoms with Crippen LogP contribution in [0.4, 0.5) is 0 Å². The van der Waals surface area contributed by atoms with Crippen molar-refractivity contribution in [3.05, 3.63) is 48.4 Å². The molecule has 0 aromatic carbocycles. The maximum absolute atomic E-state index is 3.86. The van der Waals surface area contributed by atoms with Crippen LogP contribution >= 0.6 is 0 Å². The predicted octanol–water partition coefficient (Wildman–Crippen LogP) is 4.42. The first-order valence-electron chi connectivity index (χ1n) is 5.66. The van der Waals surface area contributed by atoms with E-state index >= 15 is 0 Å². The van der Waals surface area contributed by atoms with Gasteiger partial charge in [0.15, 0.2) is 0 Å². The van der Waals surface area contributed by atoms with Gasteiger partial charge in [0.25, 0.3) is 0 Å². The van der Waals surface area contributed by atoms with Crippen LogP contribution in [0.3, 0.4) is 0 Å². The van der Waals surface area contributed by atoms with Gasteiger partial charge in [-0.3, -0.25) is 0 Å². The van der Waals surface area contributed by atoms with Gasteiger partial charge in [0, 0.05) is 0 Å². The smallest absolute Gasteiger partial charge is 0.0119 e. The van der Waals surface area contributed by atoms with Crippen molar-refractivity contribution < 1.29 is 0 Å². The van der Waals surface area contributed by atoms with Crippen molar-refractivity contribution in [2.75, 3.05) is 0 Å². The zero-order chi connectivity index (χ0) is 11.1. The van der Waals surface area contributed by atoms with Gasteiger partial charge in [0.05, 0.1) is 0 Å². The van der Waals surface area contributed by atoms with Crippen LogP contribution in [0.5, 0.6) is 0 Å². The minimum atomic E-state index is 0.278. The lowest BCUT2D eigenvalue weighted by atomic mass is 9.71. The number of allylic oxidation sites excluding steroid dienone is 5. The summed E-state index contributed by atoms with van der Waals surface area (Å²) in [6.45, 7) is 8.44. The van der Waals surface area contributed by atoms with E-state index in [9.17, 15) is 0 Å². The van der Waals surface area contributed by atoms with Crippen LogP contribution in [0.2, 0.25) is 0 Å². The summed E-state index contributed by atoms with van der Waals surface area (Å²) in [6, 6.07) is 0. The number of hydrogen-bond donors (Lipinski definition) is 0. The van der Waals surface area contributed by atoms with Gasteiger partial charge in [-0.15, -0.1) is 6.58 Å². The summed E-state index contributed by atoms with van der Waals surface area (Å²) >= 11 is 0. The molecule has 0 radical (unpaired) electrons. The first-order valence-corrected chi connectivity index (χ1v) is 5.66. The van der Waals surface area contributed by atoms with Crippen LogP contribution in [0, 0.1) is 11.3 Å². The normalized spacial score (nSPS) is 29.6. The van der Waals surface area contributed by atoms with Gasteiger partial charge in [-0.2, -0.15) is 0 Å². The van der Waals surface area contributed by atoms with Gasteiger partial charge in [-0.25, -0.2) is 0 Å². The Morgan fingerprint density at radius 1 is 1.53 bits per heavy atom. The molecule has 0 fully saturated rings. The van der Waals surface area contributed by atoms with Gasteiger partial charge in [0.1, 0.15) is 0 Å². The van der Waals surface area contributed by atoms with Crippen molar-refractivity contribution in [2.24, 2.45) is 11.3 Å². The van der Waals surface area contributed by atoms with Crippen LogP contribution in [0.15, 0.2) is 48.4 Å². The molecule has 2 unspecified atom stereocenters. The number of hydrogen-bond acceptors (Lipinski definition) is 0. The average molecular weight is 200 g/mol. The van der Waals surface area contributed by atoms with Gasteiger partial charge >= 0.3 is 0 Å². The van der Waals surface area contributed by atoms with Crippen LogP contribution < -0.4 is 0 Å². The molecule has 1 aliphatic carbocycles. The molecule has 0 nitrogen and oxygen atoms in total. The Labute approximate surface area is 93.4 Å². The van der Waals surface area contributed by atoms with E-state index in [-0.39, 0.29) is 5.41 Å². The highest BCUT2D eigenvalue weighted by Crippen LogP contribution is 2.38. The zero-order valence-corrected chi connectivity index (χ0v) is 9.79. The van der Waals surface area contributed by atoms with E-state index in [1.54, 1.807) is 0 Å². The summed E-state index contributed by atoms with van der Waals surface area (Å²) in [6.07, 6.45) is 13.7. The molecule has 15 heavy (non-hydrogen) atoms. The molecule has 0 aromatic rings. The molecular formula is C15H20. The second kappa shape index (κ2) is 5.61. The maximum Gasteiger partial charge on any atom is -0.0119 e. The van der Waals surface area contributed by atoms with Crippen LogP contribution in [0.1, 0.15) is 33.1 Å². The minimum absolute atomic E-state index is 0.278. The molecule has 0 saturated carbocycles. The molecule has 1 aliphatic rings. The third-order valence-electron chi connectivity index (χ3n) is 3.22. The van der Waals surface area contributed by atoms with Crippen molar-refractivity contribution in [1.29, 1.82) is 0 Å².